The Bertz CT molecular complexity index is 1200. The minimum absolute atomic E-state index is 0.0147. The second-order valence-corrected chi connectivity index (χ2v) is 9.85. The van der Waals surface area contributed by atoms with Crippen LogP contribution in [0.3, 0.4) is 0 Å². The van der Waals surface area contributed by atoms with E-state index in [9.17, 15) is 19.5 Å². The number of carbonyl (C=O) groups is 3. The predicted octanol–water partition coefficient (Wildman–Crippen LogP) is 3.43. The average Bonchev–Trinajstić information content (AvgIpc) is 3.32. The first-order chi connectivity index (χ1) is 17.0. The summed E-state index contributed by atoms with van der Waals surface area (Å²) in [5.41, 5.74) is 6.25. The molecule has 1 aromatic heterocycles. The van der Waals surface area contributed by atoms with Gasteiger partial charge in [0, 0.05) is 35.9 Å². The van der Waals surface area contributed by atoms with Crippen LogP contribution in [0.1, 0.15) is 28.3 Å². The fraction of sp³-hybridized carbons (Fsp3) is 0.308. The number of fused-ring (bicyclic) bond motifs is 3. The van der Waals surface area contributed by atoms with E-state index < -0.39 is 18.1 Å². The van der Waals surface area contributed by atoms with Crippen LogP contribution in [-0.4, -0.2) is 47.3 Å². The molecular weight excluding hydrogens is 466 g/mol. The van der Waals surface area contributed by atoms with Gasteiger partial charge in [0.05, 0.1) is 5.51 Å². The molecule has 3 N–H and O–H groups in total. The molecule has 0 saturated heterocycles. The SMILES string of the molecule is O=C(NCC1CC1C(=O)NC(Cc1cncs1)C(=O)O)OCC1c2ccccc2-c2ccccc21. The molecule has 35 heavy (non-hydrogen) atoms. The van der Waals surface area contributed by atoms with Crippen LogP contribution in [0.25, 0.3) is 11.1 Å². The van der Waals surface area contributed by atoms with Gasteiger partial charge in [-0.2, -0.15) is 0 Å². The lowest BCUT2D eigenvalue weighted by molar-refractivity contribution is -0.142. The molecule has 0 aliphatic heterocycles. The van der Waals surface area contributed by atoms with Crippen LogP contribution >= 0.6 is 11.3 Å². The summed E-state index contributed by atoms with van der Waals surface area (Å²) in [6.45, 7) is 0.535. The zero-order valence-corrected chi connectivity index (χ0v) is 19.7. The summed E-state index contributed by atoms with van der Waals surface area (Å²) in [7, 11) is 0. The fourth-order valence-corrected chi connectivity index (χ4v) is 5.32. The third-order valence-electron chi connectivity index (χ3n) is 6.61. The van der Waals surface area contributed by atoms with Gasteiger partial charge in [-0.25, -0.2) is 9.59 Å². The molecule has 2 aliphatic carbocycles. The Balaban J connectivity index is 1.09. The number of alkyl carbamates (subject to hydrolysis) is 1. The maximum absolute atomic E-state index is 12.5. The second-order valence-electron chi connectivity index (χ2n) is 8.88. The van der Waals surface area contributed by atoms with E-state index in [0.29, 0.717) is 13.0 Å². The highest BCUT2D eigenvalue weighted by atomic mass is 32.1. The molecule has 9 heteroatoms. The Morgan fingerprint density at radius 3 is 2.40 bits per heavy atom. The van der Waals surface area contributed by atoms with Gasteiger partial charge in [0.25, 0.3) is 0 Å². The maximum Gasteiger partial charge on any atom is 0.407 e. The van der Waals surface area contributed by atoms with Crippen molar-refractivity contribution in [3.63, 3.8) is 0 Å². The van der Waals surface area contributed by atoms with Crippen LogP contribution < -0.4 is 10.6 Å². The first kappa shape index (κ1) is 23.0. The second kappa shape index (κ2) is 9.87. The fourth-order valence-electron chi connectivity index (χ4n) is 4.68. The molecule has 1 fully saturated rings. The Labute approximate surface area is 206 Å². The van der Waals surface area contributed by atoms with E-state index >= 15 is 0 Å². The standard InChI is InChI=1S/C26H25N3O5S/c30-24(29-23(25(31)32)10-16-12-27-14-35-16)21-9-15(21)11-28-26(33)34-13-22-19-7-3-1-5-17(19)18-6-2-4-8-20(18)22/h1-8,12,14-15,21-23H,9-11,13H2,(H,28,33)(H,29,30)(H,31,32). The van der Waals surface area contributed by atoms with E-state index in [2.05, 4.69) is 39.9 Å². The van der Waals surface area contributed by atoms with E-state index in [-0.39, 0.29) is 36.7 Å². The van der Waals surface area contributed by atoms with Crippen LogP contribution in [0.4, 0.5) is 4.79 Å². The third-order valence-corrected chi connectivity index (χ3v) is 7.42. The van der Waals surface area contributed by atoms with Crippen molar-refractivity contribution in [2.75, 3.05) is 13.2 Å². The molecular formula is C26H25N3O5S. The van der Waals surface area contributed by atoms with Crippen LogP contribution in [0, 0.1) is 11.8 Å². The van der Waals surface area contributed by atoms with Crippen LogP contribution in [0.15, 0.2) is 60.2 Å². The summed E-state index contributed by atoms with van der Waals surface area (Å²) in [5, 5.41) is 14.8. The molecule has 2 amide bonds. The Hall–Kier alpha value is -3.72. The molecule has 2 aromatic carbocycles. The number of carboxylic acid groups (broad SMARTS) is 1. The van der Waals surface area contributed by atoms with Gasteiger partial charge in [0.15, 0.2) is 0 Å². The summed E-state index contributed by atoms with van der Waals surface area (Å²) in [4.78, 5) is 41.1. The summed E-state index contributed by atoms with van der Waals surface area (Å²) in [6.07, 6.45) is 1.88. The van der Waals surface area contributed by atoms with Crippen molar-refractivity contribution in [1.29, 1.82) is 0 Å². The van der Waals surface area contributed by atoms with Gasteiger partial charge in [-0.15, -0.1) is 11.3 Å². The van der Waals surface area contributed by atoms with Crippen molar-refractivity contribution in [3.8, 4) is 11.1 Å². The van der Waals surface area contributed by atoms with Gasteiger partial charge < -0.3 is 20.5 Å². The summed E-state index contributed by atoms with van der Waals surface area (Å²) < 4.78 is 5.54. The molecule has 3 atom stereocenters. The number of ether oxygens (including phenoxy) is 1. The van der Waals surface area contributed by atoms with E-state index in [1.165, 1.54) is 22.5 Å². The minimum Gasteiger partial charge on any atom is -0.480 e. The molecule has 8 nitrogen and oxygen atoms in total. The van der Waals surface area contributed by atoms with E-state index in [1.807, 2.05) is 24.3 Å². The number of nitrogens with zero attached hydrogens (tertiary/aromatic N) is 1. The van der Waals surface area contributed by atoms with Crippen molar-refractivity contribution in [1.82, 2.24) is 15.6 Å². The van der Waals surface area contributed by atoms with Crippen LogP contribution in [0.2, 0.25) is 0 Å². The van der Waals surface area contributed by atoms with E-state index in [1.54, 1.807) is 11.7 Å². The molecule has 2 aliphatic rings. The van der Waals surface area contributed by atoms with Gasteiger partial charge >= 0.3 is 12.1 Å². The largest absolute Gasteiger partial charge is 0.480 e. The quantitative estimate of drug-likeness (QED) is 0.422. The Kier molecular flexibility index (Phi) is 6.50. The summed E-state index contributed by atoms with van der Waals surface area (Å²) in [6, 6.07) is 15.3. The highest BCUT2D eigenvalue weighted by Gasteiger charge is 2.44. The lowest BCUT2D eigenvalue weighted by Gasteiger charge is -2.15. The maximum atomic E-state index is 12.5. The molecule has 3 unspecified atom stereocenters. The number of nitrogens with one attached hydrogen (secondary N) is 2. The van der Waals surface area contributed by atoms with Gasteiger partial charge in [-0.1, -0.05) is 48.5 Å². The van der Waals surface area contributed by atoms with Gasteiger partial charge in [0.1, 0.15) is 12.6 Å². The molecule has 180 valence electrons. The molecule has 0 radical (unpaired) electrons. The highest BCUT2D eigenvalue weighted by Crippen LogP contribution is 2.44. The summed E-state index contributed by atoms with van der Waals surface area (Å²) >= 11 is 1.35. The number of benzene rings is 2. The monoisotopic (exact) mass is 491 g/mol. The van der Waals surface area contributed by atoms with Crippen LogP contribution in [0.5, 0.6) is 0 Å². The number of carboxylic acids is 1. The summed E-state index contributed by atoms with van der Waals surface area (Å²) in [5.74, 6) is -1.75. The topological polar surface area (TPSA) is 118 Å². The van der Waals surface area contributed by atoms with E-state index in [4.69, 9.17) is 4.74 Å². The van der Waals surface area contributed by atoms with Gasteiger partial charge in [-0.3, -0.25) is 9.78 Å². The zero-order chi connectivity index (χ0) is 24.4. The third kappa shape index (κ3) is 5.05. The lowest BCUT2D eigenvalue weighted by atomic mass is 9.98. The van der Waals surface area contributed by atoms with Crippen molar-refractivity contribution in [2.24, 2.45) is 11.8 Å². The van der Waals surface area contributed by atoms with E-state index in [0.717, 1.165) is 16.0 Å². The number of amides is 2. The van der Waals surface area contributed by atoms with Crippen molar-refractivity contribution in [2.45, 2.75) is 24.8 Å². The molecule has 5 rings (SSSR count). The molecule has 3 aromatic rings. The smallest absolute Gasteiger partial charge is 0.407 e. The van der Waals surface area contributed by atoms with Gasteiger partial charge in [-0.05, 0) is 34.6 Å². The van der Waals surface area contributed by atoms with Crippen LogP contribution in [-0.2, 0) is 20.7 Å². The lowest BCUT2D eigenvalue weighted by Crippen LogP contribution is -2.43. The zero-order valence-electron chi connectivity index (χ0n) is 18.8. The molecule has 0 spiro atoms. The Morgan fingerprint density at radius 2 is 1.77 bits per heavy atom. The van der Waals surface area contributed by atoms with Crippen molar-refractivity contribution < 1.29 is 24.2 Å². The number of hydrogen-bond acceptors (Lipinski definition) is 6. The number of carbonyl (C=O) groups excluding carboxylic acids is 2. The number of rotatable bonds is 9. The van der Waals surface area contributed by atoms with Crippen molar-refractivity contribution in [3.05, 3.63) is 76.2 Å². The molecule has 0 bridgehead atoms. The number of hydrogen-bond donors (Lipinski definition) is 3. The first-order valence-electron chi connectivity index (χ1n) is 11.5. The Morgan fingerprint density at radius 1 is 1.09 bits per heavy atom. The normalized spacial score (nSPS) is 18.7. The van der Waals surface area contributed by atoms with Crippen molar-refractivity contribution >= 4 is 29.3 Å². The average molecular weight is 492 g/mol. The van der Waals surface area contributed by atoms with Gasteiger partial charge in [0.2, 0.25) is 5.91 Å². The number of thiazole rings is 1. The predicted molar refractivity (Wildman–Crippen MR) is 130 cm³/mol. The number of aliphatic carboxylic acids is 1. The highest BCUT2D eigenvalue weighted by molar-refractivity contribution is 7.09. The molecule has 1 heterocycles. The number of aromatic nitrogens is 1. The first-order valence-corrected chi connectivity index (χ1v) is 12.4. The molecule has 1 saturated carbocycles. The minimum atomic E-state index is -1.08.